The van der Waals surface area contributed by atoms with E-state index in [1.165, 1.54) is 0 Å². The highest BCUT2D eigenvalue weighted by atomic mass is 79.9. The van der Waals surface area contributed by atoms with Crippen LogP contribution < -0.4 is 11.1 Å². The van der Waals surface area contributed by atoms with Crippen LogP contribution in [0.25, 0.3) is 0 Å². The van der Waals surface area contributed by atoms with Crippen LogP contribution in [0.5, 0.6) is 0 Å². The second-order valence-electron chi connectivity index (χ2n) is 4.67. The smallest absolute Gasteiger partial charge is 0.238 e. The van der Waals surface area contributed by atoms with Gasteiger partial charge in [-0.2, -0.15) is 0 Å². The van der Waals surface area contributed by atoms with Gasteiger partial charge in [0.25, 0.3) is 0 Å². The summed E-state index contributed by atoms with van der Waals surface area (Å²) in [6.07, 6.45) is 2.21. The Morgan fingerprint density at radius 3 is 2.95 bits per heavy atom. The second-order valence-corrected chi connectivity index (χ2v) is 6.44. The topological polar surface area (TPSA) is 58.4 Å². The Balaban J connectivity index is 1.94. The van der Waals surface area contributed by atoms with Gasteiger partial charge in [-0.15, -0.1) is 0 Å². The zero-order valence-corrected chi connectivity index (χ0v) is 13.7. The van der Waals surface area contributed by atoms with Gasteiger partial charge < -0.3 is 11.1 Å². The van der Waals surface area contributed by atoms with E-state index < -0.39 is 0 Å². The number of nitrogens with zero attached hydrogens (tertiary/aromatic N) is 1. The molecule has 1 aliphatic heterocycles. The van der Waals surface area contributed by atoms with E-state index in [0.717, 1.165) is 34.0 Å². The number of carbonyl (C=O) groups excluding carboxylic acids is 1. The lowest BCUT2D eigenvalue weighted by atomic mass is 10.2. The normalized spacial score (nSPS) is 19.6. The number of rotatable bonds is 4. The number of halogens is 2. The van der Waals surface area contributed by atoms with E-state index in [4.69, 9.17) is 5.73 Å². The number of amides is 1. The van der Waals surface area contributed by atoms with Gasteiger partial charge in [0.2, 0.25) is 5.91 Å². The molecule has 1 unspecified atom stereocenters. The van der Waals surface area contributed by atoms with Crippen molar-refractivity contribution in [1.29, 1.82) is 0 Å². The third-order valence-corrected chi connectivity index (χ3v) is 4.47. The van der Waals surface area contributed by atoms with Crippen LogP contribution in [0.1, 0.15) is 12.8 Å². The molecule has 1 aromatic carbocycles. The van der Waals surface area contributed by atoms with Gasteiger partial charge >= 0.3 is 0 Å². The fourth-order valence-electron chi connectivity index (χ4n) is 2.34. The van der Waals surface area contributed by atoms with Crippen molar-refractivity contribution in [2.24, 2.45) is 5.73 Å². The quantitative estimate of drug-likeness (QED) is 0.830. The molecule has 0 saturated carbocycles. The molecule has 0 radical (unpaired) electrons. The molecule has 1 aliphatic rings. The van der Waals surface area contributed by atoms with Crippen LogP contribution in [-0.4, -0.2) is 36.5 Å². The molecule has 6 heteroatoms. The lowest BCUT2D eigenvalue weighted by Gasteiger charge is -2.22. The first-order valence-electron chi connectivity index (χ1n) is 6.29. The minimum absolute atomic E-state index is 0.00312. The average molecular weight is 391 g/mol. The number of nitrogens with one attached hydrogen (secondary N) is 1. The maximum absolute atomic E-state index is 12.0. The van der Waals surface area contributed by atoms with Gasteiger partial charge in [0.15, 0.2) is 0 Å². The Kier molecular flexibility index (Phi) is 5.38. The third-order valence-electron chi connectivity index (χ3n) is 3.32. The van der Waals surface area contributed by atoms with E-state index in [-0.39, 0.29) is 5.91 Å². The minimum atomic E-state index is 0.00312. The van der Waals surface area contributed by atoms with Crippen LogP contribution in [0.15, 0.2) is 27.1 Å². The van der Waals surface area contributed by atoms with Crippen molar-refractivity contribution >= 4 is 43.5 Å². The number of benzene rings is 1. The van der Waals surface area contributed by atoms with E-state index in [1.54, 1.807) is 0 Å². The van der Waals surface area contributed by atoms with Gasteiger partial charge in [-0.1, -0.05) is 15.9 Å². The summed E-state index contributed by atoms with van der Waals surface area (Å²) >= 11 is 6.82. The monoisotopic (exact) mass is 389 g/mol. The largest absolute Gasteiger partial charge is 0.329 e. The fraction of sp³-hybridized carbons (Fsp3) is 0.462. The number of anilines is 1. The highest BCUT2D eigenvalue weighted by Gasteiger charge is 2.24. The molecule has 3 N–H and O–H groups in total. The van der Waals surface area contributed by atoms with Crippen molar-refractivity contribution in [2.75, 3.05) is 25.0 Å². The van der Waals surface area contributed by atoms with Crippen LogP contribution >= 0.6 is 31.9 Å². The molecule has 0 aliphatic carbocycles. The standard InChI is InChI=1S/C13H17Br2N3O/c14-9-3-4-12(11(15)6-9)17-13(19)8-18-5-1-2-10(18)7-16/h3-4,6,10H,1-2,5,7-8,16H2,(H,17,19). The van der Waals surface area contributed by atoms with Crippen molar-refractivity contribution in [2.45, 2.75) is 18.9 Å². The summed E-state index contributed by atoms with van der Waals surface area (Å²) in [6, 6.07) is 6.03. The number of carbonyl (C=O) groups is 1. The highest BCUT2D eigenvalue weighted by Crippen LogP contribution is 2.26. The number of hydrogen-bond acceptors (Lipinski definition) is 3. The molecule has 1 heterocycles. The van der Waals surface area contributed by atoms with E-state index in [1.807, 2.05) is 18.2 Å². The van der Waals surface area contributed by atoms with Gasteiger partial charge in [-0.25, -0.2) is 0 Å². The van der Waals surface area contributed by atoms with Gasteiger partial charge in [0.05, 0.1) is 12.2 Å². The maximum Gasteiger partial charge on any atom is 0.238 e. The fourth-order valence-corrected chi connectivity index (χ4v) is 3.48. The van der Waals surface area contributed by atoms with Crippen molar-refractivity contribution < 1.29 is 4.79 Å². The van der Waals surface area contributed by atoms with Gasteiger partial charge in [-0.05, 0) is 53.5 Å². The number of nitrogens with two attached hydrogens (primary N) is 1. The lowest BCUT2D eigenvalue weighted by molar-refractivity contribution is -0.117. The Morgan fingerprint density at radius 1 is 1.47 bits per heavy atom. The Labute approximate surface area is 130 Å². The molecule has 104 valence electrons. The Bertz CT molecular complexity index is 467. The van der Waals surface area contributed by atoms with Crippen LogP contribution in [0.3, 0.4) is 0 Å². The summed E-state index contributed by atoms with van der Waals surface area (Å²) in [5, 5.41) is 2.92. The molecule has 0 bridgehead atoms. The van der Waals surface area contributed by atoms with E-state index in [0.29, 0.717) is 19.1 Å². The molecule has 1 fully saturated rings. The van der Waals surface area contributed by atoms with Crippen molar-refractivity contribution in [1.82, 2.24) is 4.90 Å². The minimum Gasteiger partial charge on any atom is -0.329 e. The van der Waals surface area contributed by atoms with Crippen LogP contribution in [0.4, 0.5) is 5.69 Å². The van der Waals surface area contributed by atoms with E-state index in [2.05, 4.69) is 42.1 Å². The molecular weight excluding hydrogens is 374 g/mol. The van der Waals surface area contributed by atoms with Gasteiger partial charge in [-0.3, -0.25) is 9.69 Å². The molecular formula is C13H17Br2N3O. The average Bonchev–Trinajstić information content (AvgIpc) is 2.80. The molecule has 1 amide bonds. The van der Waals surface area contributed by atoms with Crippen molar-refractivity contribution in [3.05, 3.63) is 27.1 Å². The van der Waals surface area contributed by atoms with Crippen LogP contribution in [-0.2, 0) is 4.79 Å². The van der Waals surface area contributed by atoms with Crippen LogP contribution in [0.2, 0.25) is 0 Å². The highest BCUT2D eigenvalue weighted by molar-refractivity contribution is 9.11. The van der Waals surface area contributed by atoms with Crippen molar-refractivity contribution in [3.8, 4) is 0 Å². The maximum atomic E-state index is 12.0. The second kappa shape index (κ2) is 6.83. The summed E-state index contributed by atoms with van der Waals surface area (Å²) in [4.78, 5) is 14.2. The predicted molar refractivity (Wildman–Crippen MR) is 84.1 cm³/mol. The summed E-state index contributed by atoms with van der Waals surface area (Å²) in [5.41, 5.74) is 6.50. The number of likely N-dealkylation sites (tertiary alicyclic amines) is 1. The number of hydrogen-bond donors (Lipinski definition) is 2. The summed E-state index contributed by atoms with van der Waals surface area (Å²) in [6.45, 7) is 1.98. The summed E-state index contributed by atoms with van der Waals surface area (Å²) in [7, 11) is 0. The molecule has 1 atom stereocenters. The summed E-state index contributed by atoms with van der Waals surface area (Å²) in [5.74, 6) is 0.00312. The van der Waals surface area contributed by atoms with Gasteiger partial charge in [0.1, 0.15) is 0 Å². The van der Waals surface area contributed by atoms with E-state index in [9.17, 15) is 4.79 Å². The van der Waals surface area contributed by atoms with Gasteiger partial charge in [0, 0.05) is 21.5 Å². The first-order valence-corrected chi connectivity index (χ1v) is 7.88. The molecule has 2 rings (SSSR count). The molecule has 1 aromatic rings. The Hall–Kier alpha value is -0.430. The zero-order valence-electron chi connectivity index (χ0n) is 10.5. The molecule has 0 aromatic heterocycles. The summed E-state index contributed by atoms with van der Waals surface area (Å²) < 4.78 is 1.84. The third kappa shape index (κ3) is 4.02. The molecule has 0 spiro atoms. The lowest BCUT2D eigenvalue weighted by Crippen LogP contribution is -2.40. The first kappa shape index (κ1) is 15.0. The Morgan fingerprint density at radius 2 is 2.26 bits per heavy atom. The van der Waals surface area contributed by atoms with Crippen LogP contribution in [0, 0.1) is 0 Å². The molecule has 4 nitrogen and oxygen atoms in total. The van der Waals surface area contributed by atoms with Crippen molar-refractivity contribution in [3.63, 3.8) is 0 Å². The zero-order chi connectivity index (χ0) is 13.8. The predicted octanol–water partition coefficient (Wildman–Crippen LogP) is 2.57. The SMILES string of the molecule is NCC1CCCN1CC(=O)Nc1ccc(Br)cc1Br. The first-order chi connectivity index (χ1) is 9.10. The molecule has 19 heavy (non-hydrogen) atoms. The molecule has 1 saturated heterocycles. The van der Waals surface area contributed by atoms with E-state index >= 15 is 0 Å².